The number of aryl methyl sites for hydroxylation is 1. The van der Waals surface area contributed by atoms with Gasteiger partial charge in [-0.25, -0.2) is 10.2 Å². The van der Waals surface area contributed by atoms with Crippen molar-refractivity contribution in [3.63, 3.8) is 0 Å². The first-order valence-corrected chi connectivity index (χ1v) is 10.2. The summed E-state index contributed by atoms with van der Waals surface area (Å²) in [6.45, 7) is 5.68. The number of piperidine rings is 1. The van der Waals surface area contributed by atoms with E-state index < -0.39 is 23.5 Å². The zero-order valence-electron chi connectivity index (χ0n) is 17.3. The molecule has 0 aromatic heterocycles. The van der Waals surface area contributed by atoms with Crippen molar-refractivity contribution in [2.75, 3.05) is 26.7 Å². The Bertz CT molecular complexity index is 880. The van der Waals surface area contributed by atoms with Crippen molar-refractivity contribution in [3.8, 4) is 0 Å². The summed E-state index contributed by atoms with van der Waals surface area (Å²) in [5, 5.41) is 9.95. The molecule has 1 fully saturated rings. The molecular weight excluding hydrogens is 410 g/mol. The molecule has 2 aliphatic rings. The molecule has 10 heteroatoms. The maximum Gasteiger partial charge on any atom is 0.428 e. The Morgan fingerprint density at radius 2 is 2.03 bits per heavy atom. The van der Waals surface area contributed by atoms with Crippen LogP contribution in [-0.4, -0.2) is 66.8 Å². The summed E-state index contributed by atoms with van der Waals surface area (Å²) in [6, 6.07) is 5.34. The van der Waals surface area contributed by atoms with Crippen molar-refractivity contribution in [1.82, 2.24) is 21.0 Å². The summed E-state index contributed by atoms with van der Waals surface area (Å²) in [5.74, 6) is -1.32. The van der Waals surface area contributed by atoms with Crippen LogP contribution in [0, 0.1) is 6.92 Å². The van der Waals surface area contributed by atoms with Gasteiger partial charge in [-0.15, -0.1) is 0 Å². The third-order valence-electron chi connectivity index (χ3n) is 5.43. The predicted octanol–water partition coefficient (Wildman–Crippen LogP) is 1.18. The SMILES string of the molecule is CNC(=O)C(=O)N[C@@H](C)CN1CCC2(CC1)OC(=O)NN=C2c1ccc(Cl)cc1C. The van der Waals surface area contributed by atoms with Crippen molar-refractivity contribution < 1.29 is 19.1 Å². The van der Waals surface area contributed by atoms with Crippen LogP contribution in [0.1, 0.15) is 30.9 Å². The fraction of sp³-hybridized carbons (Fsp3) is 0.500. The normalized spacial score (nSPS) is 19.3. The van der Waals surface area contributed by atoms with E-state index in [4.69, 9.17) is 16.3 Å². The average molecular weight is 436 g/mol. The molecule has 1 aromatic carbocycles. The smallest absolute Gasteiger partial charge is 0.428 e. The van der Waals surface area contributed by atoms with E-state index in [1.165, 1.54) is 7.05 Å². The molecule has 1 saturated heterocycles. The van der Waals surface area contributed by atoms with E-state index >= 15 is 0 Å². The fourth-order valence-corrected chi connectivity index (χ4v) is 4.15. The molecule has 0 saturated carbocycles. The molecule has 3 rings (SSSR count). The standard InChI is InChI=1S/C20H26ClN5O4/c1-12-10-14(21)4-5-15(12)16-20(30-19(29)25-24-16)6-8-26(9-7-20)11-13(2)23-18(28)17(27)22-3/h4-5,10,13H,6-9,11H2,1-3H3,(H,22,27)(H,23,28)(H,25,29)/t13-/m0/s1. The van der Waals surface area contributed by atoms with Crippen LogP contribution in [-0.2, 0) is 14.3 Å². The van der Waals surface area contributed by atoms with E-state index in [1.54, 1.807) is 6.07 Å². The highest BCUT2D eigenvalue weighted by Crippen LogP contribution is 2.34. The number of ether oxygens (including phenoxy) is 1. The van der Waals surface area contributed by atoms with Gasteiger partial charge in [-0.2, -0.15) is 5.10 Å². The van der Waals surface area contributed by atoms with E-state index in [0.717, 1.165) is 11.1 Å². The number of hydrazone groups is 1. The number of hydrogen-bond acceptors (Lipinski definition) is 6. The Morgan fingerprint density at radius 3 is 2.67 bits per heavy atom. The molecule has 3 amide bonds. The molecule has 0 bridgehead atoms. The van der Waals surface area contributed by atoms with Gasteiger partial charge in [0, 0.05) is 56.2 Å². The van der Waals surface area contributed by atoms with Crippen LogP contribution in [0.15, 0.2) is 23.3 Å². The van der Waals surface area contributed by atoms with Gasteiger partial charge >= 0.3 is 17.9 Å². The summed E-state index contributed by atoms with van der Waals surface area (Å²) in [6.07, 6.45) is 0.569. The molecule has 9 nitrogen and oxygen atoms in total. The molecule has 162 valence electrons. The first kappa shape index (κ1) is 22.0. The zero-order valence-corrected chi connectivity index (χ0v) is 18.0. The van der Waals surface area contributed by atoms with Crippen molar-refractivity contribution in [1.29, 1.82) is 0 Å². The van der Waals surface area contributed by atoms with Crippen molar-refractivity contribution in [2.24, 2.45) is 5.10 Å². The molecule has 1 spiro atoms. The van der Waals surface area contributed by atoms with Crippen LogP contribution in [0.5, 0.6) is 0 Å². The van der Waals surface area contributed by atoms with Crippen molar-refractivity contribution in [3.05, 3.63) is 34.3 Å². The van der Waals surface area contributed by atoms with Gasteiger partial charge in [0.15, 0.2) is 5.60 Å². The maximum atomic E-state index is 12.0. The van der Waals surface area contributed by atoms with Gasteiger partial charge in [-0.05, 0) is 31.5 Å². The van der Waals surface area contributed by atoms with Crippen LogP contribution in [0.25, 0.3) is 0 Å². The van der Waals surface area contributed by atoms with E-state index in [-0.39, 0.29) is 6.04 Å². The van der Waals surface area contributed by atoms with E-state index in [2.05, 4.69) is 26.1 Å². The largest absolute Gasteiger partial charge is 0.435 e. The van der Waals surface area contributed by atoms with E-state index in [0.29, 0.717) is 43.2 Å². The first-order valence-electron chi connectivity index (χ1n) is 9.82. The number of halogens is 1. The predicted molar refractivity (Wildman–Crippen MR) is 112 cm³/mol. The van der Waals surface area contributed by atoms with Crippen LogP contribution in [0.2, 0.25) is 5.02 Å². The van der Waals surface area contributed by atoms with Crippen LogP contribution >= 0.6 is 11.6 Å². The number of carbonyl (C=O) groups excluding carboxylic acids is 3. The molecule has 2 heterocycles. The molecule has 1 aromatic rings. The van der Waals surface area contributed by atoms with Crippen LogP contribution in [0.3, 0.4) is 0 Å². The fourth-order valence-electron chi connectivity index (χ4n) is 3.92. The van der Waals surface area contributed by atoms with Gasteiger partial charge in [0.1, 0.15) is 5.71 Å². The lowest BCUT2D eigenvalue weighted by Gasteiger charge is -2.43. The minimum Gasteiger partial charge on any atom is -0.435 e. The van der Waals surface area contributed by atoms with E-state index in [9.17, 15) is 14.4 Å². The number of benzene rings is 1. The summed E-state index contributed by atoms with van der Waals surface area (Å²) < 4.78 is 5.77. The van der Waals surface area contributed by atoms with Crippen LogP contribution in [0.4, 0.5) is 4.79 Å². The lowest BCUT2D eigenvalue weighted by Crippen LogP contribution is -2.57. The molecule has 1 atom stereocenters. The van der Waals surface area contributed by atoms with Gasteiger partial charge in [-0.1, -0.05) is 17.7 Å². The Kier molecular flexibility index (Phi) is 6.62. The third kappa shape index (κ3) is 4.73. The molecular formula is C20H26ClN5O4. The molecule has 2 aliphatic heterocycles. The number of carbonyl (C=O) groups is 3. The molecule has 3 N–H and O–H groups in total. The zero-order chi connectivity index (χ0) is 21.9. The number of nitrogens with zero attached hydrogens (tertiary/aromatic N) is 2. The van der Waals surface area contributed by atoms with Crippen molar-refractivity contribution in [2.45, 2.75) is 38.3 Å². The molecule has 30 heavy (non-hydrogen) atoms. The van der Waals surface area contributed by atoms with Crippen molar-refractivity contribution >= 4 is 35.2 Å². The first-order chi connectivity index (χ1) is 14.2. The number of rotatable bonds is 4. The van der Waals surface area contributed by atoms with Gasteiger partial charge < -0.3 is 20.3 Å². The summed E-state index contributed by atoms with van der Waals surface area (Å²) in [4.78, 5) is 37.2. The topological polar surface area (TPSA) is 112 Å². The average Bonchev–Trinajstić information content (AvgIpc) is 2.70. The van der Waals surface area contributed by atoms with Crippen LogP contribution < -0.4 is 16.1 Å². The van der Waals surface area contributed by atoms with Gasteiger partial charge in [0.25, 0.3) is 0 Å². The third-order valence-corrected chi connectivity index (χ3v) is 5.66. The minimum absolute atomic E-state index is 0.203. The summed E-state index contributed by atoms with van der Waals surface area (Å²) >= 11 is 6.09. The number of likely N-dealkylation sites (tertiary alicyclic amines) is 1. The quantitative estimate of drug-likeness (QED) is 0.615. The Balaban J connectivity index is 1.69. The second-order valence-electron chi connectivity index (χ2n) is 7.67. The lowest BCUT2D eigenvalue weighted by molar-refractivity contribution is -0.139. The highest BCUT2D eigenvalue weighted by molar-refractivity contribution is 6.35. The Labute approximate surface area is 180 Å². The molecule has 0 unspecified atom stereocenters. The number of amides is 3. The molecule has 0 radical (unpaired) electrons. The number of hydrogen-bond donors (Lipinski definition) is 3. The highest BCUT2D eigenvalue weighted by atomic mass is 35.5. The Morgan fingerprint density at radius 1 is 1.33 bits per heavy atom. The van der Waals surface area contributed by atoms with Gasteiger partial charge in [0.05, 0.1) is 0 Å². The van der Waals surface area contributed by atoms with E-state index in [1.807, 2.05) is 26.0 Å². The lowest BCUT2D eigenvalue weighted by atomic mass is 9.81. The summed E-state index contributed by atoms with van der Waals surface area (Å²) in [5.41, 5.74) is 4.14. The molecule has 0 aliphatic carbocycles. The Hall–Kier alpha value is -2.65. The summed E-state index contributed by atoms with van der Waals surface area (Å²) in [7, 11) is 1.42. The highest BCUT2D eigenvalue weighted by Gasteiger charge is 2.46. The maximum absolute atomic E-state index is 12.0. The monoisotopic (exact) mass is 435 g/mol. The second kappa shape index (κ2) is 9.01. The number of nitrogens with one attached hydrogen (secondary N) is 3. The minimum atomic E-state index is -0.813. The number of likely N-dealkylation sites (N-methyl/N-ethyl adjacent to an activating group) is 1. The second-order valence-corrected chi connectivity index (χ2v) is 8.11. The van der Waals surface area contributed by atoms with Gasteiger partial charge in [0.2, 0.25) is 0 Å². The van der Waals surface area contributed by atoms with Gasteiger partial charge in [-0.3, -0.25) is 9.59 Å².